The van der Waals surface area contributed by atoms with E-state index in [1.807, 2.05) is 0 Å². The molecule has 102 valence electrons. The van der Waals surface area contributed by atoms with Gasteiger partial charge in [0, 0.05) is 6.54 Å². The Balaban J connectivity index is 0.00000256. The van der Waals surface area contributed by atoms with E-state index in [4.69, 9.17) is 4.74 Å². The zero-order chi connectivity index (χ0) is 12.6. The highest BCUT2D eigenvalue weighted by molar-refractivity contribution is 5.85. The highest BCUT2D eigenvalue weighted by Crippen LogP contribution is 2.32. The molecule has 0 spiro atoms. The van der Waals surface area contributed by atoms with Gasteiger partial charge in [0.1, 0.15) is 11.6 Å². The lowest BCUT2D eigenvalue weighted by atomic mass is 10.1. The third-order valence-corrected chi connectivity index (χ3v) is 2.29. The van der Waals surface area contributed by atoms with Gasteiger partial charge in [-0.2, -0.15) is 13.2 Å². The Kier molecular flexibility index (Phi) is 5.28. The molecule has 0 aromatic heterocycles. The summed E-state index contributed by atoms with van der Waals surface area (Å²) in [6.07, 6.45) is -4.48. The van der Waals surface area contributed by atoms with Gasteiger partial charge in [-0.3, -0.25) is 4.79 Å². The fraction of sp³-hybridized carbons (Fsp3) is 0.900. The fourth-order valence-electron chi connectivity index (χ4n) is 1.54. The standard InChI is InChI=1S/C10H16F3NO2.ClH/c1-9(2,3)16-8(15)7-4-6(5-14-7)10(11,12)13;/h6-7,14H,4-5H2,1-3H3;1H/t6-,7-;/m1./s1. The first-order valence-corrected chi connectivity index (χ1v) is 5.12. The summed E-state index contributed by atoms with van der Waals surface area (Å²) in [5.74, 6) is -2.07. The maximum atomic E-state index is 12.3. The summed E-state index contributed by atoms with van der Waals surface area (Å²) in [5.41, 5.74) is -0.672. The van der Waals surface area contributed by atoms with Crippen LogP contribution in [0.4, 0.5) is 13.2 Å². The van der Waals surface area contributed by atoms with Crippen LogP contribution in [0.2, 0.25) is 0 Å². The van der Waals surface area contributed by atoms with Gasteiger partial charge in [-0.05, 0) is 27.2 Å². The van der Waals surface area contributed by atoms with Gasteiger partial charge in [-0.15, -0.1) is 12.4 Å². The Morgan fingerprint density at radius 3 is 2.18 bits per heavy atom. The molecule has 7 heteroatoms. The van der Waals surface area contributed by atoms with Crippen molar-refractivity contribution in [2.45, 2.75) is 45.0 Å². The van der Waals surface area contributed by atoms with Crippen molar-refractivity contribution in [3.05, 3.63) is 0 Å². The third kappa shape index (κ3) is 5.12. The van der Waals surface area contributed by atoms with Crippen LogP contribution in [0.25, 0.3) is 0 Å². The van der Waals surface area contributed by atoms with Crippen molar-refractivity contribution in [3.63, 3.8) is 0 Å². The van der Waals surface area contributed by atoms with Crippen LogP contribution in [-0.4, -0.2) is 30.3 Å². The number of carbonyl (C=O) groups is 1. The number of hydrogen-bond donors (Lipinski definition) is 1. The number of rotatable bonds is 1. The largest absolute Gasteiger partial charge is 0.459 e. The van der Waals surface area contributed by atoms with E-state index in [1.54, 1.807) is 20.8 Å². The van der Waals surface area contributed by atoms with Gasteiger partial charge in [0.2, 0.25) is 0 Å². The molecule has 2 atom stereocenters. The van der Waals surface area contributed by atoms with E-state index in [0.717, 1.165) is 0 Å². The van der Waals surface area contributed by atoms with Gasteiger partial charge in [0.15, 0.2) is 0 Å². The van der Waals surface area contributed by atoms with E-state index in [-0.39, 0.29) is 25.4 Å². The van der Waals surface area contributed by atoms with Gasteiger partial charge in [-0.25, -0.2) is 0 Å². The van der Waals surface area contributed by atoms with Crippen LogP contribution in [-0.2, 0) is 9.53 Å². The lowest BCUT2D eigenvalue weighted by molar-refractivity contribution is -0.170. The molecule has 1 aliphatic rings. The SMILES string of the molecule is CC(C)(C)OC(=O)[C@H]1C[C@@H](C(F)(F)F)CN1.Cl. The molecule has 0 bridgehead atoms. The molecule has 1 aliphatic heterocycles. The van der Waals surface area contributed by atoms with Crippen molar-refractivity contribution in [3.8, 4) is 0 Å². The summed E-state index contributed by atoms with van der Waals surface area (Å²) in [6, 6.07) is -0.842. The van der Waals surface area contributed by atoms with E-state index in [9.17, 15) is 18.0 Å². The quantitative estimate of drug-likeness (QED) is 0.746. The minimum Gasteiger partial charge on any atom is -0.459 e. The van der Waals surface area contributed by atoms with Crippen LogP contribution >= 0.6 is 12.4 Å². The van der Waals surface area contributed by atoms with Crippen molar-refractivity contribution in [1.29, 1.82) is 0 Å². The fourth-order valence-corrected chi connectivity index (χ4v) is 1.54. The number of ether oxygens (including phenoxy) is 1. The van der Waals surface area contributed by atoms with Gasteiger partial charge in [0.25, 0.3) is 0 Å². The lowest BCUT2D eigenvalue weighted by Crippen LogP contribution is -2.37. The monoisotopic (exact) mass is 275 g/mol. The summed E-state index contributed by atoms with van der Waals surface area (Å²) in [5, 5.41) is 2.54. The molecular formula is C10H17ClF3NO2. The molecule has 1 heterocycles. The van der Waals surface area contributed by atoms with Crippen LogP contribution in [0.15, 0.2) is 0 Å². The van der Waals surface area contributed by atoms with E-state index in [0.29, 0.717) is 0 Å². The lowest BCUT2D eigenvalue weighted by Gasteiger charge is -2.22. The summed E-state index contributed by atoms with van der Waals surface area (Å²) >= 11 is 0. The van der Waals surface area contributed by atoms with E-state index in [2.05, 4.69) is 5.32 Å². The molecule has 0 amide bonds. The van der Waals surface area contributed by atoms with Crippen molar-refractivity contribution in [1.82, 2.24) is 5.32 Å². The predicted molar refractivity (Wildman–Crippen MR) is 59.0 cm³/mol. The van der Waals surface area contributed by atoms with Crippen LogP contribution in [0.3, 0.4) is 0 Å². The first kappa shape index (κ1) is 16.5. The second-order valence-electron chi connectivity index (χ2n) is 4.97. The van der Waals surface area contributed by atoms with Gasteiger partial charge in [-0.1, -0.05) is 0 Å². The molecule has 1 N–H and O–H groups in total. The third-order valence-electron chi connectivity index (χ3n) is 2.29. The van der Waals surface area contributed by atoms with Crippen molar-refractivity contribution in [2.75, 3.05) is 6.54 Å². The van der Waals surface area contributed by atoms with Crippen LogP contribution in [0.5, 0.6) is 0 Å². The molecule has 0 radical (unpaired) electrons. The average molecular weight is 276 g/mol. The Morgan fingerprint density at radius 2 is 1.82 bits per heavy atom. The second-order valence-corrected chi connectivity index (χ2v) is 4.97. The Morgan fingerprint density at radius 1 is 1.29 bits per heavy atom. The first-order valence-electron chi connectivity index (χ1n) is 5.12. The van der Waals surface area contributed by atoms with Crippen molar-refractivity contribution in [2.24, 2.45) is 5.92 Å². The van der Waals surface area contributed by atoms with Gasteiger partial charge < -0.3 is 10.1 Å². The van der Waals surface area contributed by atoms with Crippen LogP contribution in [0.1, 0.15) is 27.2 Å². The zero-order valence-corrected chi connectivity index (χ0v) is 10.7. The topological polar surface area (TPSA) is 38.3 Å². The number of hydrogen-bond acceptors (Lipinski definition) is 3. The van der Waals surface area contributed by atoms with E-state index in [1.165, 1.54) is 0 Å². The van der Waals surface area contributed by atoms with Crippen molar-refractivity contribution < 1.29 is 22.7 Å². The molecular weight excluding hydrogens is 259 g/mol. The molecule has 1 fully saturated rings. The minimum atomic E-state index is -4.25. The normalized spacial score (nSPS) is 25.3. The molecule has 0 aromatic carbocycles. The summed E-state index contributed by atoms with van der Waals surface area (Å²) in [4.78, 5) is 11.5. The molecule has 0 unspecified atom stereocenters. The molecule has 3 nitrogen and oxygen atoms in total. The molecule has 0 aromatic rings. The van der Waals surface area contributed by atoms with E-state index < -0.39 is 29.7 Å². The highest BCUT2D eigenvalue weighted by atomic mass is 35.5. The molecule has 1 rings (SSSR count). The van der Waals surface area contributed by atoms with Crippen LogP contribution < -0.4 is 5.32 Å². The number of esters is 1. The van der Waals surface area contributed by atoms with Crippen LogP contribution in [0, 0.1) is 5.92 Å². The second kappa shape index (κ2) is 5.44. The first-order chi connectivity index (χ1) is 7.09. The Bertz CT molecular complexity index is 276. The molecule has 1 saturated heterocycles. The summed E-state index contributed by atoms with van der Waals surface area (Å²) in [7, 11) is 0. The van der Waals surface area contributed by atoms with Gasteiger partial charge >= 0.3 is 12.1 Å². The summed E-state index contributed by atoms with van der Waals surface area (Å²) < 4.78 is 42.0. The Labute approximate surface area is 104 Å². The molecule has 0 aliphatic carbocycles. The maximum Gasteiger partial charge on any atom is 0.393 e. The average Bonchev–Trinajstić information content (AvgIpc) is 2.46. The van der Waals surface area contributed by atoms with E-state index >= 15 is 0 Å². The predicted octanol–water partition coefficient (Wildman–Crippen LogP) is 2.29. The number of nitrogens with one attached hydrogen (secondary N) is 1. The highest BCUT2D eigenvalue weighted by Gasteiger charge is 2.46. The minimum absolute atomic E-state index is 0. The molecule has 17 heavy (non-hydrogen) atoms. The number of carbonyl (C=O) groups excluding carboxylic acids is 1. The number of alkyl halides is 3. The summed E-state index contributed by atoms with van der Waals surface area (Å²) in [6.45, 7) is 4.83. The van der Waals surface area contributed by atoms with Gasteiger partial charge in [0.05, 0.1) is 5.92 Å². The van der Waals surface area contributed by atoms with Crippen molar-refractivity contribution >= 4 is 18.4 Å². The molecule has 0 saturated carbocycles. The maximum absolute atomic E-state index is 12.3. The zero-order valence-electron chi connectivity index (χ0n) is 9.93. The number of halogens is 4. The smallest absolute Gasteiger partial charge is 0.393 e. The Hall–Kier alpha value is -0.490.